The van der Waals surface area contributed by atoms with Crippen molar-refractivity contribution in [1.29, 1.82) is 0 Å². The molecular formula is C23H25N3O2. The number of nitrogens with zero attached hydrogens (tertiary/aromatic N) is 2. The molecule has 0 spiro atoms. The number of imidazole rings is 1. The standard InChI is InChI=1S/C23H25N3O2/c1-16(27)23-25-12-14-26(23)13-2-3-17-4-6-18(7-5-17)19-8-10-20(11-9-19)28-22-15-21(22)24/h2-12,14,16,21-22,27H,13,15,24H2,1H3/b3-2+/t16-,21+,22+/m0/s1. The van der Waals surface area contributed by atoms with Crippen LogP contribution in [0.1, 0.15) is 30.8 Å². The first-order valence-electron chi connectivity index (χ1n) is 9.58. The van der Waals surface area contributed by atoms with Crippen molar-refractivity contribution in [1.82, 2.24) is 9.55 Å². The maximum absolute atomic E-state index is 9.70. The minimum atomic E-state index is -0.569. The predicted octanol–water partition coefficient (Wildman–Crippen LogP) is 3.80. The van der Waals surface area contributed by atoms with E-state index in [4.69, 9.17) is 10.5 Å². The molecule has 3 atom stereocenters. The summed E-state index contributed by atoms with van der Waals surface area (Å²) in [5.41, 5.74) is 9.24. The number of aliphatic hydroxyl groups excluding tert-OH is 1. The molecule has 3 aromatic rings. The molecule has 1 heterocycles. The molecule has 144 valence electrons. The Hall–Kier alpha value is -2.89. The largest absolute Gasteiger partial charge is 0.489 e. The maximum atomic E-state index is 9.70. The van der Waals surface area contributed by atoms with E-state index in [1.54, 1.807) is 13.1 Å². The van der Waals surface area contributed by atoms with Gasteiger partial charge in [-0.1, -0.05) is 48.6 Å². The van der Waals surface area contributed by atoms with E-state index < -0.39 is 6.10 Å². The lowest BCUT2D eigenvalue weighted by atomic mass is 10.0. The van der Waals surface area contributed by atoms with E-state index in [1.807, 2.05) is 22.9 Å². The Morgan fingerprint density at radius 3 is 2.43 bits per heavy atom. The molecule has 1 fully saturated rings. The second-order valence-electron chi connectivity index (χ2n) is 7.22. The van der Waals surface area contributed by atoms with Gasteiger partial charge in [-0.25, -0.2) is 4.98 Å². The van der Waals surface area contributed by atoms with Gasteiger partial charge in [0.05, 0.1) is 0 Å². The highest BCUT2D eigenvalue weighted by Gasteiger charge is 2.35. The molecule has 5 nitrogen and oxygen atoms in total. The Morgan fingerprint density at radius 1 is 1.18 bits per heavy atom. The van der Waals surface area contributed by atoms with Crippen LogP contribution in [0, 0.1) is 0 Å². The van der Waals surface area contributed by atoms with Gasteiger partial charge in [0.25, 0.3) is 0 Å². The summed E-state index contributed by atoms with van der Waals surface area (Å²) in [5, 5.41) is 9.70. The Kier molecular flexibility index (Phi) is 5.28. The third-order valence-corrected chi connectivity index (χ3v) is 4.90. The molecule has 2 aromatic carbocycles. The molecule has 28 heavy (non-hydrogen) atoms. The molecule has 4 rings (SSSR count). The van der Waals surface area contributed by atoms with Gasteiger partial charge in [-0.15, -0.1) is 0 Å². The fourth-order valence-corrected chi connectivity index (χ4v) is 3.16. The van der Waals surface area contributed by atoms with Crippen LogP contribution in [0.2, 0.25) is 0 Å². The molecule has 0 unspecified atom stereocenters. The van der Waals surface area contributed by atoms with Gasteiger partial charge in [0.1, 0.15) is 23.8 Å². The Balaban J connectivity index is 1.37. The fourth-order valence-electron chi connectivity index (χ4n) is 3.16. The molecule has 1 saturated carbocycles. The van der Waals surface area contributed by atoms with Crippen molar-refractivity contribution in [2.75, 3.05) is 0 Å². The van der Waals surface area contributed by atoms with Gasteiger partial charge >= 0.3 is 0 Å². The minimum absolute atomic E-state index is 0.177. The number of rotatable bonds is 7. The molecule has 0 amide bonds. The van der Waals surface area contributed by atoms with Crippen LogP contribution in [-0.2, 0) is 6.54 Å². The molecule has 1 aromatic heterocycles. The smallest absolute Gasteiger partial charge is 0.137 e. The summed E-state index contributed by atoms with van der Waals surface area (Å²) in [6.45, 7) is 2.40. The van der Waals surface area contributed by atoms with Crippen LogP contribution in [0.4, 0.5) is 0 Å². The molecular weight excluding hydrogens is 350 g/mol. The number of ether oxygens (including phenoxy) is 1. The first-order chi connectivity index (χ1) is 13.6. The summed E-state index contributed by atoms with van der Waals surface area (Å²) in [7, 11) is 0. The van der Waals surface area contributed by atoms with E-state index in [9.17, 15) is 5.11 Å². The van der Waals surface area contributed by atoms with Gasteiger partial charge in [-0.3, -0.25) is 0 Å². The third kappa shape index (κ3) is 4.32. The average molecular weight is 375 g/mol. The highest BCUT2D eigenvalue weighted by molar-refractivity contribution is 5.66. The SMILES string of the molecule is C[C@H](O)c1nccn1C/C=C/c1ccc(-c2ccc(O[C@@H]3C[C@H]3N)cc2)cc1. The lowest BCUT2D eigenvalue weighted by Gasteiger charge is -2.07. The van der Waals surface area contributed by atoms with Crippen molar-refractivity contribution < 1.29 is 9.84 Å². The van der Waals surface area contributed by atoms with Gasteiger partial charge in [0.2, 0.25) is 0 Å². The molecule has 1 aliphatic carbocycles. The number of aliphatic hydroxyl groups is 1. The van der Waals surface area contributed by atoms with Crippen molar-refractivity contribution in [3.05, 3.63) is 78.4 Å². The third-order valence-electron chi connectivity index (χ3n) is 4.90. The van der Waals surface area contributed by atoms with Crippen LogP contribution in [-0.4, -0.2) is 26.8 Å². The lowest BCUT2D eigenvalue weighted by molar-refractivity contribution is 0.184. The molecule has 0 radical (unpaired) electrons. The maximum Gasteiger partial charge on any atom is 0.137 e. The molecule has 3 N–H and O–H groups in total. The monoisotopic (exact) mass is 375 g/mol. The van der Waals surface area contributed by atoms with Gasteiger partial charge in [0.15, 0.2) is 0 Å². The molecule has 0 aliphatic heterocycles. The quantitative estimate of drug-likeness (QED) is 0.659. The molecule has 0 bridgehead atoms. The van der Waals surface area contributed by atoms with E-state index in [2.05, 4.69) is 53.5 Å². The van der Waals surface area contributed by atoms with Crippen molar-refractivity contribution >= 4 is 6.08 Å². The zero-order chi connectivity index (χ0) is 19.5. The number of hydrogen-bond donors (Lipinski definition) is 2. The normalized spacial score (nSPS) is 19.7. The van der Waals surface area contributed by atoms with Gasteiger partial charge in [-0.2, -0.15) is 0 Å². The molecule has 1 aliphatic rings. The highest BCUT2D eigenvalue weighted by atomic mass is 16.5. The highest BCUT2D eigenvalue weighted by Crippen LogP contribution is 2.28. The topological polar surface area (TPSA) is 73.3 Å². The van der Waals surface area contributed by atoms with Crippen LogP contribution < -0.4 is 10.5 Å². The number of aromatic nitrogens is 2. The number of allylic oxidation sites excluding steroid dienone is 1. The van der Waals surface area contributed by atoms with Crippen molar-refractivity contribution in [2.45, 2.75) is 38.1 Å². The van der Waals surface area contributed by atoms with E-state index >= 15 is 0 Å². The Bertz CT molecular complexity index is 943. The molecule has 5 heteroatoms. The summed E-state index contributed by atoms with van der Waals surface area (Å²) >= 11 is 0. The summed E-state index contributed by atoms with van der Waals surface area (Å²) in [6, 6.07) is 16.8. The lowest BCUT2D eigenvalue weighted by Crippen LogP contribution is -2.10. The first-order valence-corrected chi connectivity index (χ1v) is 9.58. The predicted molar refractivity (Wildman–Crippen MR) is 111 cm³/mol. The minimum Gasteiger partial charge on any atom is -0.489 e. The fraction of sp³-hybridized carbons (Fsp3) is 0.261. The summed E-state index contributed by atoms with van der Waals surface area (Å²) in [4.78, 5) is 4.18. The first kappa shape index (κ1) is 18.5. The van der Waals surface area contributed by atoms with Gasteiger partial charge in [-0.05, 0) is 35.7 Å². The van der Waals surface area contributed by atoms with E-state index in [0.29, 0.717) is 12.4 Å². The Morgan fingerprint density at radius 2 is 1.82 bits per heavy atom. The van der Waals surface area contributed by atoms with E-state index in [0.717, 1.165) is 28.9 Å². The second-order valence-corrected chi connectivity index (χ2v) is 7.22. The zero-order valence-electron chi connectivity index (χ0n) is 15.9. The van der Waals surface area contributed by atoms with E-state index in [1.165, 1.54) is 0 Å². The van der Waals surface area contributed by atoms with Crippen molar-refractivity contribution in [3.63, 3.8) is 0 Å². The number of nitrogens with two attached hydrogens (primary N) is 1. The zero-order valence-corrected chi connectivity index (χ0v) is 15.9. The van der Waals surface area contributed by atoms with Crippen LogP contribution in [0.3, 0.4) is 0 Å². The van der Waals surface area contributed by atoms with Gasteiger partial charge < -0.3 is 20.1 Å². The van der Waals surface area contributed by atoms with E-state index in [-0.39, 0.29) is 12.1 Å². The van der Waals surface area contributed by atoms with Crippen molar-refractivity contribution in [2.24, 2.45) is 5.73 Å². The van der Waals surface area contributed by atoms with Crippen LogP contribution in [0.25, 0.3) is 17.2 Å². The molecule has 0 saturated heterocycles. The van der Waals surface area contributed by atoms with Crippen LogP contribution in [0.5, 0.6) is 5.75 Å². The number of hydrogen-bond acceptors (Lipinski definition) is 4. The van der Waals surface area contributed by atoms with Crippen molar-refractivity contribution in [3.8, 4) is 16.9 Å². The average Bonchev–Trinajstić information content (AvgIpc) is 3.18. The number of benzene rings is 2. The van der Waals surface area contributed by atoms with Crippen LogP contribution in [0.15, 0.2) is 67.0 Å². The summed E-state index contributed by atoms with van der Waals surface area (Å²) in [6.07, 6.45) is 8.27. The Labute approximate surface area is 165 Å². The van der Waals surface area contributed by atoms with Crippen LogP contribution >= 0.6 is 0 Å². The van der Waals surface area contributed by atoms with Gasteiger partial charge in [0, 0.05) is 31.4 Å². The summed E-state index contributed by atoms with van der Waals surface area (Å²) in [5.74, 6) is 1.55. The second kappa shape index (κ2) is 8.00. The summed E-state index contributed by atoms with van der Waals surface area (Å²) < 4.78 is 7.73.